The van der Waals surface area contributed by atoms with Crippen molar-refractivity contribution < 1.29 is 4.39 Å². The van der Waals surface area contributed by atoms with Gasteiger partial charge >= 0.3 is 0 Å². The minimum absolute atomic E-state index is 0. The monoisotopic (exact) mass is 508 g/mol. The van der Waals surface area contributed by atoms with E-state index in [4.69, 9.17) is 4.99 Å². The van der Waals surface area contributed by atoms with Crippen LogP contribution in [-0.4, -0.2) is 54.9 Å². The van der Waals surface area contributed by atoms with Crippen molar-refractivity contribution in [2.75, 3.05) is 31.9 Å². The van der Waals surface area contributed by atoms with E-state index in [9.17, 15) is 4.39 Å². The van der Waals surface area contributed by atoms with E-state index < -0.39 is 0 Å². The number of halogens is 2. The third-order valence-corrected chi connectivity index (χ3v) is 5.70. The molecule has 0 saturated carbocycles. The summed E-state index contributed by atoms with van der Waals surface area (Å²) in [7, 11) is 0. The molecule has 0 unspecified atom stereocenters. The molecule has 1 aromatic rings. The van der Waals surface area contributed by atoms with E-state index in [-0.39, 0.29) is 29.8 Å². The van der Waals surface area contributed by atoms with Crippen molar-refractivity contribution >= 4 is 41.7 Å². The number of hydrogen-bond acceptors (Lipinski definition) is 3. The second-order valence-electron chi connectivity index (χ2n) is 6.96. The highest BCUT2D eigenvalue weighted by Gasteiger charge is 2.21. The summed E-state index contributed by atoms with van der Waals surface area (Å²) in [6, 6.07) is 7.83. The molecule has 4 nitrogen and oxygen atoms in total. The van der Waals surface area contributed by atoms with Crippen LogP contribution in [0.15, 0.2) is 34.2 Å². The molecule has 0 bridgehead atoms. The van der Waals surface area contributed by atoms with Crippen LogP contribution in [0, 0.1) is 5.82 Å². The minimum Gasteiger partial charge on any atom is -0.357 e. The normalized spacial score (nSPS) is 16.3. The maximum absolute atomic E-state index is 12.9. The molecule has 0 spiro atoms. The molecule has 2 rings (SSSR count). The summed E-state index contributed by atoms with van der Waals surface area (Å²) in [5.74, 6) is 1.74. The third-order valence-electron chi connectivity index (χ3n) is 4.60. The summed E-state index contributed by atoms with van der Waals surface area (Å²) in [4.78, 5) is 8.36. The molecule has 1 aromatic carbocycles. The number of hydrogen-bond donors (Lipinski definition) is 2. The molecule has 1 aliphatic heterocycles. The first kappa shape index (κ1) is 24.5. The van der Waals surface area contributed by atoms with Crippen LogP contribution in [0.1, 0.15) is 40.0 Å². The summed E-state index contributed by atoms with van der Waals surface area (Å²) in [5, 5.41) is 6.95. The number of thioether (sulfide) groups is 1. The van der Waals surface area contributed by atoms with Crippen LogP contribution in [0.3, 0.4) is 0 Å². The molecule has 0 amide bonds. The fraction of sp³-hybridized carbons (Fsp3) is 0.650. The Bertz CT molecular complexity index is 545. The molecule has 0 aliphatic carbocycles. The van der Waals surface area contributed by atoms with Crippen LogP contribution in [0.5, 0.6) is 0 Å². The SMILES string of the molecule is CCNC(=NCCCSc1ccc(F)cc1)NC1CCN(C(C)C)CC1.I. The minimum atomic E-state index is -0.181. The van der Waals surface area contributed by atoms with Gasteiger partial charge in [0.25, 0.3) is 0 Å². The Labute approximate surface area is 185 Å². The van der Waals surface area contributed by atoms with Crippen LogP contribution in [-0.2, 0) is 0 Å². The zero-order chi connectivity index (χ0) is 18.8. The standard InChI is InChI=1S/C20H33FN4S.HI/c1-4-22-20(24-18-10-13-25(14-11-18)16(2)3)23-12-5-15-26-19-8-6-17(21)7-9-19;/h6-9,16,18H,4-5,10-15H2,1-3H3,(H2,22,23,24);1H. The van der Waals surface area contributed by atoms with Gasteiger partial charge in [-0.05, 0) is 70.1 Å². The van der Waals surface area contributed by atoms with E-state index in [0.29, 0.717) is 12.1 Å². The number of rotatable bonds is 8. The molecular weight excluding hydrogens is 474 g/mol. The van der Waals surface area contributed by atoms with Gasteiger partial charge in [0, 0.05) is 43.2 Å². The van der Waals surface area contributed by atoms with Crippen LogP contribution in [0.25, 0.3) is 0 Å². The van der Waals surface area contributed by atoms with Gasteiger partial charge in [0.15, 0.2) is 5.96 Å². The average molecular weight is 508 g/mol. The molecule has 27 heavy (non-hydrogen) atoms. The zero-order valence-electron chi connectivity index (χ0n) is 16.7. The summed E-state index contributed by atoms with van der Waals surface area (Å²) < 4.78 is 12.9. The van der Waals surface area contributed by atoms with Gasteiger partial charge < -0.3 is 15.5 Å². The zero-order valence-corrected chi connectivity index (χ0v) is 19.9. The van der Waals surface area contributed by atoms with Crippen LogP contribution in [0.2, 0.25) is 0 Å². The van der Waals surface area contributed by atoms with E-state index in [2.05, 4.69) is 36.3 Å². The smallest absolute Gasteiger partial charge is 0.191 e. The quantitative estimate of drug-likeness (QED) is 0.180. The van der Waals surface area contributed by atoms with E-state index in [0.717, 1.165) is 49.2 Å². The number of nitrogens with one attached hydrogen (secondary N) is 2. The van der Waals surface area contributed by atoms with Crippen LogP contribution in [0.4, 0.5) is 4.39 Å². The first-order valence-corrected chi connectivity index (χ1v) is 10.7. The molecule has 1 saturated heterocycles. The lowest BCUT2D eigenvalue weighted by Crippen LogP contribution is -2.49. The van der Waals surface area contributed by atoms with Gasteiger partial charge in [0.1, 0.15) is 5.82 Å². The van der Waals surface area contributed by atoms with Crippen LogP contribution < -0.4 is 10.6 Å². The van der Waals surface area contributed by atoms with Gasteiger partial charge in [-0.15, -0.1) is 35.7 Å². The predicted molar refractivity (Wildman–Crippen MR) is 126 cm³/mol. The van der Waals surface area contributed by atoms with E-state index in [1.807, 2.05) is 12.1 Å². The Hall–Kier alpha value is -0.540. The van der Waals surface area contributed by atoms with Gasteiger partial charge in [-0.1, -0.05) is 0 Å². The van der Waals surface area contributed by atoms with Crippen molar-refractivity contribution in [3.63, 3.8) is 0 Å². The largest absolute Gasteiger partial charge is 0.357 e. The van der Waals surface area contributed by atoms with Crippen LogP contribution >= 0.6 is 35.7 Å². The highest BCUT2D eigenvalue weighted by atomic mass is 127. The number of guanidine groups is 1. The number of nitrogens with zero attached hydrogens (tertiary/aromatic N) is 2. The Morgan fingerprint density at radius 3 is 2.52 bits per heavy atom. The van der Waals surface area contributed by atoms with Crippen molar-refractivity contribution in [1.82, 2.24) is 15.5 Å². The maximum atomic E-state index is 12.9. The second kappa shape index (κ2) is 13.6. The molecule has 1 aliphatic rings. The van der Waals surface area contributed by atoms with Crippen molar-refractivity contribution in [3.8, 4) is 0 Å². The lowest BCUT2D eigenvalue weighted by atomic mass is 10.0. The fourth-order valence-corrected chi connectivity index (χ4v) is 3.89. The van der Waals surface area contributed by atoms with Crippen molar-refractivity contribution in [3.05, 3.63) is 30.1 Å². The topological polar surface area (TPSA) is 39.7 Å². The van der Waals surface area contributed by atoms with Gasteiger partial charge in [0.05, 0.1) is 0 Å². The summed E-state index contributed by atoms with van der Waals surface area (Å²) in [6.07, 6.45) is 3.34. The van der Waals surface area contributed by atoms with E-state index >= 15 is 0 Å². The average Bonchev–Trinajstić information content (AvgIpc) is 2.63. The molecule has 0 radical (unpaired) electrons. The molecule has 2 N–H and O–H groups in total. The highest BCUT2D eigenvalue weighted by molar-refractivity contribution is 14.0. The first-order valence-electron chi connectivity index (χ1n) is 9.75. The second-order valence-corrected chi connectivity index (χ2v) is 8.13. The number of benzene rings is 1. The van der Waals surface area contributed by atoms with E-state index in [1.165, 1.54) is 25.0 Å². The number of aliphatic imine (C=N–C) groups is 1. The Balaban J connectivity index is 0.00000364. The van der Waals surface area contributed by atoms with Crippen molar-refractivity contribution in [2.45, 2.75) is 57.0 Å². The molecular formula is C20H34FIN4S. The fourth-order valence-electron chi connectivity index (χ4n) is 3.05. The highest BCUT2D eigenvalue weighted by Crippen LogP contribution is 2.18. The van der Waals surface area contributed by atoms with Gasteiger partial charge in [-0.2, -0.15) is 0 Å². The summed E-state index contributed by atoms with van der Waals surface area (Å²) in [5.41, 5.74) is 0. The predicted octanol–water partition coefficient (Wildman–Crippen LogP) is 4.35. The molecule has 0 atom stereocenters. The molecule has 1 fully saturated rings. The first-order chi connectivity index (χ1) is 12.6. The lowest BCUT2D eigenvalue weighted by Gasteiger charge is -2.35. The van der Waals surface area contributed by atoms with Gasteiger partial charge in [-0.3, -0.25) is 4.99 Å². The van der Waals surface area contributed by atoms with Gasteiger partial charge in [0.2, 0.25) is 0 Å². The number of likely N-dealkylation sites (tertiary alicyclic amines) is 1. The van der Waals surface area contributed by atoms with Crippen molar-refractivity contribution in [2.24, 2.45) is 4.99 Å². The van der Waals surface area contributed by atoms with Crippen molar-refractivity contribution in [1.29, 1.82) is 0 Å². The maximum Gasteiger partial charge on any atom is 0.191 e. The molecule has 154 valence electrons. The Morgan fingerprint density at radius 2 is 1.93 bits per heavy atom. The lowest BCUT2D eigenvalue weighted by molar-refractivity contribution is 0.167. The Kier molecular flexibility index (Phi) is 12.3. The number of piperidine rings is 1. The molecule has 0 aromatic heterocycles. The van der Waals surface area contributed by atoms with E-state index in [1.54, 1.807) is 11.8 Å². The van der Waals surface area contributed by atoms with Gasteiger partial charge in [-0.25, -0.2) is 4.39 Å². The summed E-state index contributed by atoms with van der Waals surface area (Å²) >= 11 is 1.75. The molecule has 1 heterocycles. The summed E-state index contributed by atoms with van der Waals surface area (Å²) in [6.45, 7) is 10.6. The Morgan fingerprint density at radius 1 is 1.26 bits per heavy atom. The third kappa shape index (κ3) is 9.47. The molecule has 7 heteroatoms.